The summed E-state index contributed by atoms with van der Waals surface area (Å²) in [4.78, 5) is -0.159. The van der Waals surface area contributed by atoms with E-state index in [4.69, 9.17) is 10.7 Å². The van der Waals surface area contributed by atoms with Gasteiger partial charge in [0.15, 0.2) is 0 Å². The molecule has 2 rings (SSSR count). The van der Waals surface area contributed by atoms with Crippen LogP contribution in [-0.2, 0) is 15.6 Å². The average molecular weight is 290 g/mol. The zero-order valence-electron chi connectivity index (χ0n) is 9.86. The van der Waals surface area contributed by atoms with Gasteiger partial charge in [-0.25, -0.2) is 12.8 Å². The molecule has 1 aromatic heterocycles. The molecule has 0 aliphatic rings. The molecule has 18 heavy (non-hydrogen) atoms. The third kappa shape index (κ3) is 2.37. The van der Waals surface area contributed by atoms with E-state index in [0.29, 0.717) is 12.1 Å². The van der Waals surface area contributed by atoms with Crippen LogP contribution in [0.4, 0.5) is 4.39 Å². The number of hydrogen-bond acceptors (Lipinski definition) is 2. The molecule has 1 heterocycles. The van der Waals surface area contributed by atoms with Gasteiger partial charge in [0.25, 0.3) is 9.05 Å². The Balaban J connectivity index is 2.72. The van der Waals surface area contributed by atoms with E-state index in [1.165, 1.54) is 12.3 Å². The van der Waals surface area contributed by atoms with Crippen LogP contribution in [0.5, 0.6) is 0 Å². The third-order valence-corrected chi connectivity index (χ3v) is 4.17. The first-order valence-corrected chi connectivity index (χ1v) is 7.98. The summed E-state index contributed by atoms with van der Waals surface area (Å²) in [7, 11) is 1.40. The van der Waals surface area contributed by atoms with Gasteiger partial charge < -0.3 is 4.57 Å². The topological polar surface area (TPSA) is 39.1 Å². The van der Waals surface area contributed by atoms with E-state index in [9.17, 15) is 12.8 Å². The van der Waals surface area contributed by atoms with E-state index < -0.39 is 14.9 Å². The summed E-state index contributed by atoms with van der Waals surface area (Å²) in [6.07, 6.45) is 3.27. The Morgan fingerprint density at radius 3 is 2.72 bits per heavy atom. The summed E-state index contributed by atoms with van der Waals surface area (Å²) in [6, 6.07) is 4.49. The number of aromatic nitrogens is 1. The largest absolute Gasteiger partial charge is 0.346 e. The summed E-state index contributed by atoms with van der Waals surface area (Å²) < 4.78 is 38.5. The smallest absolute Gasteiger partial charge is 0.263 e. The fourth-order valence-electron chi connectivity index (χ4n) is 1.97. The van der Waals surface area contributed by atoms with Crippen molar-refractivity contribution in [3.63, 3.8) is 0 Å². The monoisotopic (exact) mass is 289 g/mol. The van der Waals surface area contributed by atoms with Crippen LogP contribution in [0.15, 0.2) is 29.3 Å². The molecule has 0 atom stereocenters. The lowest BCUT2D eigenvalue weighted by molar-refractivity contribution is 0.606. The van der Waals surface area contributed by atoms with Gasteiger partial charge in [-0.1, -0.05) is 19.4 Å². The zero-order valence-corrected chi connectivity index (χ0v) is 11.4. The Bertz CT molecular complexity index is 679. The number of halogens is 2. The van der Waals surface area contributed by atoms with E-state index >= 15 is 0 Å². The Morgan fingerprint density at radius 2 is 2.11 bits per heavy atom. The molecule has 0 bridgehead atoms. The molecular formula is C12H13ClFNO2S. The van der Waals surface area contributed by atoms with Gasteiger partial charge >= 0.3 is 0 Å². The molecule has 98 valence electrons. The van der Waals surface area contributed by atoms with Gasteiger partial charge in [0.05, 0.1) is 10.9 Å². The van der Waals surface area contributed by atoms with Crippen LogP contribution in [0.2, 0.25) is 0 Å². The predicted octanol–water partition coefficient (Wildman–Crippen LogP) is 3.51. The number of fused-ring (bicyclic) bond motifs is 1. The minimum absolute atomic E-state index is 0.0728. The first kappa shape index (κ1) is 13.4. The second-order valence-corrected chi connectivity index (χ2v) is 6.65. The maximum Gasteiger partial charge on any atom is 0.263 e. The zero-order chi connectivity index (χ0) is 13.3. The Morgan fingerprint density at radius 1 is 1.39 bits per heavy atom. The normalized spacial score (nSPS) is 12.2. The fourth-order valence-corrected chi connectivity index (χ4v) is 3.02. The Labute approximate surface area is 110 Å². The summed E-state index contributed by atoms with van der Waals surface area (Å²) in [6.45, 7) is 2.67. The minimum atomic E-state index is -3.94. The number of aryl methyl sites for hydroxylation is 1. The van der Waals surface area contributed by atoms with Crippen LogP contribution in [-0.4, -0.2) is 13.0 Å². The van der Waals surface area contributed by atoms with Crippen molar-refractivity contribution in [2.24, 2.45) is 0 Å². The molecule has 1 aromatic carbocycles. The molecule has 0 N–H and O–H groups in total. The fraction of sp³-hybridized carbons (Fsp3) is 0.333. The third-order valence-electron chi connectivity index (χ3n) is 2.84. The van der Waals surface area contributed by atoms with Gasteiger partial charge in [-0.15, -0.1) is 0 Å². The van der Waals surface area contributed by atoms with Crippen molar-refractivity contribution >= 4 is 30.6 Å². The summed E-state index contributed by atoms with van der Waals surface area (Å²) >= 11 is 0. The molecular weight excluding hydrogens is 277 g/mol. The molecule has 0 aliphatic carbocycles. The van der Waals surface area contributed by atoms with Crippen molar-refractivity contribution in [1.29, 1.82) is 0 Å². The van der Waals surface area contributed by atoms with Crippen molar-refractivity contribution in [3.05, 3.63) is 30.2 Å². The average Bonchev–Trinajstić information content (AvgIpc) is 2.66. The van der Waals surface area contributed by atoms with Crippen LogP contribution in [0, 0.1) is 5.82 Å². The first-order chi connectivity index (χ1) is 8.45. The molecule has 6 heteroatoms. The van der Waals surface area contributed by atoms with E-state index in [2.05, 4.69) is 0 Å². The van der Waals surface area contributed by atoms with Gasteiger partial charge in [-0.2, -0.15) is 0 Å². The van der Waals surface area contributed by atoms with Crippen molar-refractivity contribution in [1.82, 2.24) is 4.57 Å². The van der Waals surface area contributed by atoms with Crippen LogP contribution >= 0.6 is 10.7 Å². The molecule has 0 unspecified atom stereocenters. The van der Waals surface area contributed by atoms with Crippen LogP contribution < -0.4 is 0 Å². The molecule has 0 saturated carbocycles. The highest BCUT2D eigenvalue weighted by molar-refractivity contribution is 8.14. The van der Waals surface area contributed by atoms with Gasteiger partial charge in [-0.3, -0.25) is 0 Å². The second kappa shape index (κ2) is 4.90. The maximum absolute atomic E-state index is 13.8. The van der Waals surface area contributed by atoms with Crippen molar-refractivity contribution in [2.75, 3.05) is 0 Å². The summed E-state index contributed by atoms with van der Waals surface area (Å²) in [5.41, 5.74) is 0.558. The van der Waals surface area contributed by atoms with Crippen molar-refractivity contribution in [2.45, 2.75) is 31.2 Å². The van der Waals surface area contributed by atoms with E-state index in [0.717, 1.165) is 12.8 Å². The predicted molar refractivity (Wildman–Crippen MR) is 69.8 cm³/mol. The Hall–Kier alpha value is -1.07. The standard InChI is InChI=1S/C12H13ClFNO2S/c1-2-3-7-15-8-11(18(13,16)17)12-9(14)5-4-6-10(12)15/h4-6,8H,2-3,7H2,1H3. The number of hydrogen-bond donors (Lipinski definition) is 0. The quantitative estimate of drug-likeness (QED) is 0.808. The first-order valence-electron chi connectivity index (χ1n) is 5.67. The van der Waals surface area contributed by atoms with Crippen LogP contribution in [0.1, 0.15) is 19.8 Å². The molecule has 0 fully saturated rings. The van der Waals surface area contributed by atoms with Crippen molar-refractivity contribution in [3.8, 4) is 0 Å². The molecule has 0 spiro atoms. The minimum Gasteiger partial charge on any atom is -0.346 e. The number of nitrogens with zero attached hydrogens (tertiary/aromatic N) is 1. The number of rotatable bonds is 4. The maximum atomic E-state index is 13.8. The lowest BCUT2D eigenvalue weighted by atomic mass is 10.2. The van der Waals surface area contributed by atoms with E-state index in [1.54, 1.807) is 16.7 Å². The molecule has 3 nitrogen and oxygen atoms in total. The number of unbranched alkanes of at least 4 members (excludes halogenated alkanes) is 1. The van der Waals surface area contributed by atoms with Gasteiger partial charge in [0.2, 0.25) is 0 Å². The lowest BCUT2D eigenvalue weighted by Gasteiger charge is -2.03. The molecule has 0 saturated heterocycles. The molecule has 2 aromatic rings. The van der Waals surface area contributed by atoms with Crippen LogP contribution in [0.25, 0.3) is 10.9 Å². The van der Waals surface area contributed by atoms with Gasteiger partial charge in [-0.05, 0) is 18.6 Å². The lowest BCUT2D eigenvalue weighted by Crippen LogP contribution is -1.95. The summed E-state index contributed by atoms with van der Waals surface area (Å²) in [5, 5.41) is 0.0728. The highest BCUT2D eigenvalue weighted by Gasteiger charge is 2.21. The van der Waals surface area contributed by atoms with E-state index in [-0.39, 0.29) is 10.3 Å². The molecule has 0 aliphatic heterocycles. The number of benzene rings is 1. The van der Waals surface area contributed by atoms with Crippen LogP contribution in [0.3, 0.4) is 0 Å². The highest BCUT2D eigenvalue weighted by Crippen LogP contribution is 2.30. The molecule has 0 radical (unpaired) electrons. The second-order valence-electron chi connectivity index (χ2n) is 4.11. The Kier molecular flexibility index (Phi) is 3.64. The van der Waals surface area contributed by atoms with E-state index in [1.807, 2.05) is 6.92 Å². The highest BCUT2D eigenvalue weighted by atomic mass is 35.7. The van der Waals surface area contributed by atoms with Gasteiger partial charge in [0, 0.05) is 23.4 Å². The molecule has 0 amide bonds. The van der Waals surface area contributed by atoms with Crippen molar-refractivity contribution < 1.29 is 12.8 Å². The SMILES string of the molecule is CCCCn1cc(S(=O)(=O)Cl)c2c(F)cccc21. The summed E-state index contributed by atoms with van der Waals surface area (Å²) in [5.74, 6) is -0.568. The van der Waals surface area contributed by atoms with Gasteiger partial charge in [0.1, 0.15) is 10.7 Å².